The van der Waals surface area contributed by atoms with Gasteiger partial charge in [0.2, 0.25) is 0 Å². The number of nitrogens with one attached hydrogen (secondary N) is 1. The van der Waals surface area contributed by atoms with Crippen LogP contribution in [0.4, 0.5) is 11.4 Å². The van der Waals surface area contributed by atoms with E-state index in [4.69, 9.17) is 0 Å². The molecule has 0 radical (unpaired) electrons. The maximum Gasteiger partial charge on any atom is 0.258 e. The summed E-state index contributed by atoms with van der Waals surface area (Å²) in [7, 11) is 0. The molecule has 3 nitrogen and oxygen atoms in total. The molecule has 154 valence electrons. The number of hydrogen-bond acceptors (Lipinski definition) is 2. The first-order valence-electron chi connectivity index (χ1n) is 10.5. The van der Waals surface area contributed by atoms with Gasteiger partial charge in [-0.2, -0.15) is 0 Å². The second-order valence-electron chi connectivity index (χ2n) is 8.06. The number of nitrogens with zero attached hydrogens (tertiary/aromatic N) is 1. The highest BCUT2D eigenvalue weighted by Crippen LogP contribution is 2.44. The van der Waals surface area contributed by atoms with Gasteiger partial charge in [0.15, 0.2) is 0 Å². The molecular formula is C26H27IN2O. The molecule has 0 unspecified atom stereocenters. The van der Waals surface area contributed by atoms with Crippen LogP contribution in [0.15, 0.2) is 72.8 Å². The summed E-state index contributed by atoms with van der Waals surface area (Å²) >= 11 is 2.33. The summed E-state index contributed by atoms with van der Waals surface area (Å²) in [5.41, 5.74) is 5.19. The molecule has 30 heavy (non-hydrogen) atoms. The Balaban J connectivity index is 1.75. The molecule has 0 saturated heterocycles. The molecule has 1 N–H and O–H groups in total. The normalized spacial score (nSPS) is 20.5. The van der Waals surface area contributed by atoms with Gasteiger partial charge in [-0.05, 0) is 84.0 Å². The molecule has 0 fully saturated rings. The number of amides is 1. The van der Waals surface area contributed by atoms with Crippen molar-refractivity contribution in [2.45, 2.75) is 39.3 Å². The number of carbonyl (C=O) groups is 1. The molecule has 4 heteroatoms. The van der Waals surface area contributed by atoms with E-state index in [1.54, 1.807) is 0 Å². The van der Waals surface area contributed by atoms with Crippen molar-refractivity contribution in [2.75, 3.05) is 10.2 Å². The summed E-state index contributed by atoms with van der Waals surface area (Å²) in [5, 5.41) is 3.74. The van der Waals surface area contributed by atoms with Crippen molar-refractivity contribution in [1.82, 2.24) is 0 Å². The molecule has 0 aliphatic carbocycles. The lowest BCUT2D eigenvalue weighted by Crippen LogP contribution is -2.50. The Labute approximate surface area is 192 Å². The number of fused-ring (bicyclic) bond motifs is 1. The van der Waals surface area contributed by atoms with Gasteiger partial charge in [0.1, 0.15) is 0 Å². The van der Waals surface area contributed by atoms with Crippen LogP contribution in [0.3, 0.4) is 0 Å². The number of para-hydroxylation sites is 1. The maximum atomic E-state index is 13.6. The first-order valence-corrected chi connectivity index (χ1v) is 11.6. The van der Waals surface area contributed by atoms with Gasteiger partial charge in [-0.3, -0.25) is 4.79 Å². The quantitative estimate of drug-likeness (QED) is 0.391. The van der Waals surface area contributed by atoms with Crippen molar-refractivity contribution < 1.29 is 4.79 Å². The Hall–Kier alpha value is -2.34. The zero-order valence-electron chi connectivity index (χ0n) is 17.6. The van der Waals surface area contributed by atoms with E-state index in [1.165, 1.54) is 9.13 Å². The Bertz CT molecular complexity index is 1030. The summed E-state index contributed by atoms with van der Waals surface area (Å²) < 4.78 is 1.22. The van der Waals surface area contributed by atoms with Crippen LogP contribution < -0.4 is 10.2 Å². The lowest BCUT2D eigenvalue weighted by molar-refractivity contribution is 0.0960. The zero-order chi connectivity index (χ0) is 21.3. The Morgan fingerprint density at radius 1 is 1.00 bits per heavy atom. The molecule has 3 aromatic carbocycles. The molecule has 0 spiro atoms. The van der Waals surface area contributed by atoms with E-state index in [0.717, 1.165) is 28.9 Å². The van der Waals surface area contributed by atoms with Crippen molar-refractivity contribution in [2.24, 2.45) is 5.92 Å². The van der Waals surface area contributed by atoms with E-state index in [1.807, 2.05) is 42.2 Å². The van der Waals surface area contributed by atoms with Gasteiger partial charge in [-0.1, -0.05) is 49.7 Å². The van der Waals surface area contributed by atoms with Gasteiger partial charge in [-0.25, -0.2) is 0 Å². The first-order chi connectivity index (χ1) is 14.5. The Morgan fingerprint density at radius 3 is 2.33 bits per heavy atom. The van der Waals surface area contributed by atoms with E-state index in [0.29, 0.717) is 0 Å². The van der Waals surface area contributed by atoms with Crippen molar-refractivity contribution >= 4 is 39.9 Å². The van der Waals surface area contributed by atoms with E-state index in [-0.39, 0.29) is 23.9 Å². The molecule has 1 aliphatic heterocycles. The van der Waals surface area contributed by atoms with Crippen LogP contribution in [0.25, 0.3) is 0 Å². The SMILES string of the molecule is CC[C@H]1[C@H](C)[C@@H](Nc2ccc(I)cc2)c2ccccc2N1C(=O)c1ccc(C)cc1. The summed E-state index contributed by atoms with van der Waals surface area (Å²) in [6.07, 6.45) is 0.901. The fraction of sp³-hybridized carbons (Fsp3) is 0.269. The average molecular weight is 510 g/mol. The van der Waals surface area contributed by atoms with E-state index >= 15 is 0 Å². The molecule has 3 aromatic rings. The minimum atomic E-state index is 0.0777. The van der Waals surface area contributed by atoms with Crippen LogP contribution in [0.2, 0.25) is 0 Å². The van der Waals surface area contributed by atoms with E-state index in [9.17, 15) is 4.79 Å². The summed E-state index contributed by atoms with van der Waals surface area (Å²) in [5.74, 6) is 0.340. The van der Waals surface area contributed by atoms with Crippen LogP contribution >= 0.6 is 22.6 Å². The smallest absolute Gasteiger partial charge is 0.258 e. The highest BCUT2D eigenvalue weighted by Gasteiger charge is 2.40. The van der Waals surface area contributed by atoms with E-state index < -0.39 is 0 Å². The average Bonchev–Trinajstić information content (AvgIpc) is 2.76. The topological polar surface area (TPSA) is 32.3 Å². The zero-order valence-corrected chi connectivity index (χ0v) is 19.8. The fourth-order valence-corrected chi connectivity index (χ4v) is 4.83. The molecular weight excluding hydrogens is 483 g/mol. The highest BCUT2D eigenvalue weighted by molar-refractivity contribution is 14.1. The van der Waals surface area contributed by atoms with Gasteiger partial charge in [-0.15, -0.1) is 0 Å². The Kier molecular flexibility index (Phi) is 6.14. The van der Waals surface area contributed by atoms with Crippen LogP contribution in [-0.2, 0) is 0 Å². The molecule has 3 atom stereocenters. The minimum absolute atomic E-state index is 0.0777. The van der Waals surface area contributed by atoms with Crippen molar-refractivity contribution in [3.63, 3.8) is 0 Å². The predicted molar refractivity (Wildman–Crippen MR) is 133 cm³/mol. The third kappa shape index (κ3) is 3.97. The van der Waals surface area contributed by atoms with Gasteiger partial charge in [0.25, 0.3) is 5.91 Å². The van der Waals surface area contributed by atoms with Gasteiger partial charge in [0.05, 0.1) is 6.04 Å². The molecule has 1 aliphatic rings. The maximum absolute atomic E-state index is 13.6. The lowest BCUT2D eigenvalue weighted by Gasteiger charge is -2.45. The summed E-state index contributed by atoms with van der Waals surface area (Å²) in [6.45, 7) is 6.47. The van der Waals surface area contributed by atoms with Crippen LogP contribution in [0.5, 0.6) is 0 Å². The standard InChI is InChI=1S/C26H27IN2O/c1-4-23-18(3)25(28-21-15-13-20(27)14-16-21)22-7-5-6-8-24(22)29(23)26(30)19-11-9-17(2)10-12-19/h5-16,18,23,25,28H,4H2,1-3H3/t18-,23-,25+/m0/s1. The Morgan fingerprint density at radius 2 is 1.67 bits per heavy atom. The second-order valence-corrected chi connectivity index (χ2v) is 9.31. The molecule has 1 amide bonds. The highest BCUT2D eigenvalue weighted by atomic mass is 127. The summed E-state index contributed by atoms with van der Waals surface area (Å²) in [6, 6.07) is 25.0. The van der Waals surface area contributed by atoms with Gasteiger partial charge in [0, 0.05) is 32.5 Å². The number of aryl methyl sites for hydroxylation is 1. The van der Waals surface area contributed by atoms with Crippen LogP contribution in [0.1, 0.15) is 47.8 Å². The minimum Gasteiger partial charge on any atom is -0.378 e. The third-order valence-electron chi connectivity index (χ3n) is 6.10. The van der Waals surface area contributed by atoms with Crippen molar-refractivity contribution in [3.05, 3.63) is 93.1 Å². The third-order valence-corrected chi connectivity index (χ3v) is 6.82. The second kappa shape index (κ2) is 8.80. The fourth-order valence-electron chi connectivity index (χ4n) is 4.47. The first kappa shape index (κ1) is 20.9. The van der Waals surface area contributed by atoms with Crippen molar-refractivity contribution in [3.8, 4) is 0 Å². The monoisotopic (exact) mass is 510 g/mol. The molecule has 1 heterocycles. The number of rotatable bonds is 4. The number of anilines is 2. The number of hydrogen-bond donors (Lipinski definition) is 1. The molecule has 0 saturated carbocycles. The van der Waals surface area contributed by atoms with Gasteiger partial charge < -0.3 is 10.2 Å². The molecule has 0 bridgehead atoms. The van der Waals surface area contributed by atoms with Crippen molar-refractivity contribution in [1.29, 1.82) is 0 Å². The molecule has 4 rings (SSSR count). The van der Waals surface area contributed by atoms with Crippen LogP contribution in [0, 0.1) is 16.4 Å². The number of carbonyl (C=O) groups excluding carboxylic acids is 1. The summed E-state index contributed by atoms with van der Waals surface area (Å²) in [4.78, 5) is 15.6. The lowest BCUT2D eigenvalue weighted by atomic mass is 9.80. The number of benzene rings is 3. The molecule has 0 aromatic heterocycles. The largest absolute Gasteiger partial charge is 0.378 e. The van der Waals surface area contributed by atoms with E-state index in [2.05, 4.69) is 84.2 Å². The predicted octanol–water partition coefficient (Wildman–Crippen LogP) is 6.83. The van der Waals surface area contributed by atoms with Gasteiger partial charge >= 0.3 is 0 Å². The van der Waals surface area contributed by atoms with Crippen LogP contribution in [-0.4, -0.2) is 11.9 Å². The number of halogens is 1.